The number of aromatic nitrogens is 2. The number of aliphatic hydroxyl groups is 3. The second-order valence-corrected chi connectivity index (χ2v) is 42.0. The Balaban J connectivity index is 0.000000329. The van der Waals surface area contributed by atoms with Crippen molar-refractivity contribution >= 4 is 34.4 Å². The first-order chi connectivity index (χ1) is 67.6. The van der Waals surface area contributed by atoms with Crippen LogP contribution in [-0.2, 0) is 59.1 Å². The van der Waals surface area contributed by atoms with Crippen LogP contribution >= 0.6 is 0 Å². The lowest BCUT2D eigenvalue weighted by molar-refractivity contribution is -0.175. The lowest BCUT2D eigenvalue weighted by Crippen LogP contribution is -2.54. The summed E-state index contributed by atoms with van der Waals surface area (Å²) >= 11 is 0. The fourth-order valence-electron chi connectivity index (χ4n) is 10.6. The highest BCUT2D eigenvalue weighted by Crippen LogP contribution is 2.46. The fourth-order valence-corrected chi connectivity index (χ4v) is 12.5. The summed E-state index contributed by atoms with van der Waals surface area (Å²) < 4.78 is 67.9. The zero-order valence-electron chi connectivity index (χ0n) is 79.6. The first-order valence-electron chi connectivity index (χ1n) is 42.3. The monoisotopic (exact) mass is 1880 g/mol. The van der Waals surface area contributed by atoms with E-state index in [1.807, 2.05) is 78.9 Å². The van der Waals surface area contributed by atoms with Crippen molar-refractivity contribution < 1.29 is 70.6 Å². The van der Waals surface area contributed by atoms with E-state index in [0.29, 0.717) is 22.6 Å². The van der Waals surface area contributed by atoms with Gasteiger partial charge >= 0.3 is 6.09 Å². The molecule has 1 saturated heterocycles. The van der Waals surface area contributed by atoms with E-state index in [1.54, 1.807) is 57.2 Å². The van der Waals surface area contributed by atoms with Crippen LogP contribution in [-0.4, -0.2) is 88.4 Å². The van der Waals surface area contributed by atoms with Crippen molar-refractivity contribution in [1.29, 1.82) is 0 Å². The van der Waals surface area contributed by atoms with E-state index in [1.165, 1.54) is 38.1 Å². The van der Waals surface area contributed by atoms with E-state index in [0.717, 1.165) is 32.7 Å². The minimum Gasteiger partial charge on any atom is -0.440 e. The van der Waals surface area contributed by atoms with Gasteiger partial charge in [0.2, 0.25) is 0 Å². The first kappa shape index (κ1) is 111. The molecule has 0 saturated carbocycles. The van der Waals surface area contributed by atoms with E-state index in [9.17, 15) is 38.5 Å². The number of benzene rings is 5. The van der Waals surface area contributed by atoms with Crippen molar-refractivity contribution in [1.82, 2.24) is 15.2 Å². The van der Waals surface area contributed by atoms with Crippen LogP contribution < -0.4 is 0 Å². The second kappa shape index (κ2) is 58.4. The number of carbonyl (C=O) groups is 3. The molecular formula is C121H85F2N3O13Si2. The van der Waals surface area contributed by atoms with Gasteiger partial charge in [-0.05, 0) is 229 Å². The summed E-state index contributed by atoms with van der Waals surface area (Å²) in [5.74, 6) is 131. The third-order valence-electron chi connectivity index (χ3n) is 20.1. The molecule has 0 bridgehead atoms. The first-order valence-corrected chi connectivity index (χ1v) is 48.1. The number of ether oxygens (including phenoxy) is 3. The van der Waals surface area contributed by atoms with Gasteiger partial charge in [0.15, 0.2) is 45.1 Å². The van der Waals surface area contributed by atoms with Crippen molar-refractivity contribution in [2.24, 2.45) is 0 Å². The average Bonchev–Trinajstić information content (AvgIpc) is 1.59. The van der Waals surface area contributed by atoms with Crippen LogP contribution in [0.1, 0.15) is 134 Å². The molecule has 2 aromatic heterocycles. The number of Topliss-reactive ketones (excluding diaryl/α,β-unsaturated/α-hetero) is 1. The van der Waals surface area contributed by atoms with E-state index < -0.39 is 76.1 Å². The molecule has 8 rings (SSSR count). The van der Waals surface area contributed by atoms with Crippen LogP contribution in [0, 0.1) is 332 Å². The number of aliphatic hydroxyl groups excluding tert-OH is 3. The van der Waals surface area contributed by atoms with Crippen molar-refractivity contribution in [2.45, 2.75) is 174 Å². The highest BCUT2D eigenvalue weighted by Gasteiger charge is 2.58. The molecular weight excluding hydrogens is 1800 g/mol. The smallest absolute Gasteiger partial charge is 0.417 e. The lowest BCUT2D eigenvalue weighted by Gasteiger charge is -2.37. The summed E-state index contributed by atoms with van der Waals surface area (Å²) in [5.41, 5.74) is 0.917. The number of ketones is 1. The molecule has 0 spiro atoms. The SMILES string of the molecule is C#CC#CC#CC#CC#CC#CC#CC#CC#CC#CC#CC#CC#CC#CC#CC#CC#CC#CC#CC#CC#CC#CC#CC#CC#CC#CC#CC.CC(C)(C)[Si](C)(C)OCc1cc([C@H](O)[C@](C)(OCc2ccc(-c3ccc(F)cc3)cc2)C(=O)CO)no1.CC1(C)OC(=O)N(C(=O)[C@@](C)(OCc2ccc(-c3ccc(F)cc3)cc2)[C@@H](O)c2cc(CO[Si](C)(C)C(C)(C)C)on2)[C@H]1c1ccccc1. The molecule has 7 aromatic rings. The summed E-state index contributed by atoms with van der Waals surface area (Å²) in [4.78, 5) is 41.8. The largest absolute Gasteiger partial charge is 0.440 e. The lowest BCUT2D eigenvalue weighted by atomic mass is 9.88. The molecule has 0 radical (unpaired) electrons. The number of hydrogen-bond acceptors (Lipinski definition) is 15. The van der Waals surface area contributed by atoms with Gasteiger partial charge in [-0.25, -0.2) is 18.5 Å². The van der Waals surface area contributed by atoms with Gasteiger partial charge in [0.25, 0.3) is 5.91 Å². The Labute approximate surface area is 828 Å². The van der Waals surface area contributed by atoms with Crippen LogP contribution in [0.4, 0.5) is 13.6 Å². The summed E-state index contributed by atoms with van der Waals surface area (Å²) in [6.45, 7) is 28.7. The Morgan fingerprint density at radius 3 is 0.943 bits per heavy atom. The van der Waals surface area contributed by atoms with Crippen LogP contribution in [0.5, 0.6) is 0 Å². The number of terminal acetylenes is 1. The zero-order chi connectivity index (χ0) is 103. The molecule has 141 heavy (non-hydrogen) atoms. The predicted octanol–water partition coefficient (Wildman–Crippen LogP) is 14.8. The number of cyclic esters (lactones) is 1. The number of carbonyl (C=O) groups excluding carboxylic acids is 3. The molecule has 20 heteroatoms. The highest BCUT2D eigenvalue weighted by atomic mass is 28.4. The van der Waals surface area contributed by atoms with Crippen LogP contribution in [0.2, 0.25) is 36.3 Å². The molecule has 0 unspecified atom stereocenters. The summed E-state index contributed by atoms with van der Waals surface area (Å²) in [5, 5.41) is 40.6. The highest BCUT2D eigenvalue weighted by molar-refractivity contribution is 6.74. The summed E-state index contributed by atoms with van der Waals surface area (Å²) in [6, 6.07) is 38.5. The predicted molar refractivity (Wildman–Crippen MR) is 542 cm³/mol. The molecule has 16 nitrogen and oxygen atoms in total. The Hall–Kier alpha value is -18.7. The fraction of sp³-hybridized carbons (Fsp3) is 0.231. The number of hydrogen-bond donors (Lipinski definition) is 3. The molecule has 1 fully saturated rings. The third kappa shape index (κ3) is 39.0. The van der Waals surface area contributed by atoms with Gasteiger partial charge in [-0.15, -0.1) is 6.42 Å². The Morgan fingerprint density at radius 1 is 0.411 bits per heavy atom. The van der Waals surface area contributed by atoms with E-state index >= 15 is 0 Å². The van der Waals surface area contributed by atoms with Gasteiger partial charge in [0.05, 0.1) is 26.4 Å². The maximum Gasteiger partial charge on any atom is 0.417 e. The molecule has 3 N–H and O–H groups in total. The molecule has 2 amide bonds. The Morgan fingerprint density at radius 2 is 0.674 bits per heavy atom. The molecule has 5 atom stereocenters. The van der Waals surface area contributed by atoms with E-state index in [4.69, 9.17) is 38.5 Å². The van der Waals surface area contributed by atoms with Crippen LogP contribution in [0.3, 0.4) is 0 Å². The van der Waals surface area contributed by atoms with Crippen molar-refractivity contribution in [3.8, 4) is 342 Å². The molecule has 684 valence electrons. The van der Waals surface area contributed by atoms with Gasteiger partial charge in [-0.2, -0.15) is 0 Å². The number of halogens is 2. The normalized spacial score (nSPS) is 11.8. The molecule has 0 aliphatic carbocycles. The molecule has 1 aliphatic heterocycles. The third-order valence-corrected chi connectivity index (χ3v) is 29.1. The minimum atomic E-state index is -2.12. The molecule has 3 heterocycles. The molecule has 1 aliphatic rings. The number of rotatable bonds is 22. The van der Waals surface area contributed by atoms with Crippen LogP contribution in [0.15, 0.2) is 149 Å². The number of amides is 2. The van der Waals surface area contributed by atoms with Gasteiger partial charge < -0.3 is 47.4 Å². The van der Waals surface area contributed by atoms with E-state index in [2.05, 4.69) is 392 Å². The van der Waals surface area contributed by atoms with E-state index in [-0.39, 0.29) is 59.5 Å². The van der Waals surface area contributed by atoms with Crippen molar-refractivity contribution in [2.75, 3.05) is 6.61 Å². The maximum absolute atomic E-state index is 14.7. The Bertz CT molecular complexity index is 7760. The van der Waals surface area contributed by atoms with Crippen LogP contribution in [0.25, 0.3) is 22.3 Å². The average molecular weight is 1880 g/mol. The second-order valence-electron chi connectivity index (χ2n) is 32.3. The Kier molecular flexibility index (Phi) is 46.0. The van der Waals surface area contributed by atoms with Crippen molar-refractivity contribution in [3.05, 3.63) is 191 Å². The van der Waals surface area contributed by atoms with Gasteiger partial charge in [0.1, 0.15) is 53.5 Å². The quantitative estimate of drug-likeness (QED) is 0.0425. The van der Waals surface area contributed by atoms with Crippen molar-refractivity contribution in [3.63, 3.8) is 0 Å². The zero-order valence-corrected chi connectivity index (χ0v) is 81.6. The summed E-state index contributed by atoms with van der Waals surface area (Å²) in [7, 11) is -4.15. The van der Waals surface area contributed by atoms with Gasteiger partial charge in [0, 0.05) is 225 Å². The molecule has 5 aromatic carbocycles. The topological polar surface area (TPSA) is 213 Å². The minimum absolute atomic E-state index is 0.00217. The maximum atomic E-state index is 14.7. The number of nitrogens with zero attached hydrogens (tertiary/aromatic N) is 3. The standard InChI is InChI=1S/C55H4.C38H45FN2O7Si.C28H36FNO6Si/c1-3-5-7-9-11-13-15-17-19-21-23-25-27-29-31-33-35-37-39-41-43-45-47-49-51-53-55-54-52-50-48-46-44-42-40-38-36-34-32-30-28-26-24-22-20-18-16-14-12-10-8-6-4-2;1-36(2,3)49(7,8)46-24-30-22-31(40-48-30)33(42)38(6,45-23-25-14-16-26(17-15-25)27-18-20-29(39)21-19-27)34(43)41-32(28-12-10-9-11-13-28)37(4,5)47-35(41)44;1-27(2,3)37(5,6)35-18-23-15-24(30-36-23)26(33)28(4,25(32)16-31)34-17-19-7-9-20(10-8-19)21-11-13-22(29)14-12-21/h1H,2H3;9-22,32-33,42H,23-24H2,1-8H3;7-15,26,31,33H,16-18H2,1-6H3/t;32-,33-,38-;26-,28+/m.00/s1. The number of imide groups is 1. The van der Waals surface area contributed by atoms with Gasteiger partial charge in [-0.3, -0.25) is 9.59 Å². The summed E-state index contributed by atoms with van der Waals surface area (Å²) in [6.07, 6.45) is 0.974. The van der Waals surface area contributed by atoms with Gasteiger partial charge in [-0.1, -0.05) is 161 Å².